The first-order valence-corrected chi connectivity index (χ1v) is 10.3. The lowest BCUT2D eigenvalue weighted by molar-refractivity contribution is 0.0696. The molecule has 0 aliphatic rings. The fourth-order valence-electron chi connectivity index (χ4n) is 2.79. The van der Waals surface area contributed by atoms with Gasteiger partial charge in [-0.05, 0) is 37.6 Å². The number of sulfonamides is 1. The van der Waals surface area contributed by atoms with E-state index >= 15 is 0 Å². The number of nitrogens with one attached hydrogen (secondary N) is 1. The minimum absolute atomic E-state index is 0.123. The maximum absolute atomic E-state index is 12.2. The van der Waals surface area contributed by atoms with Crippen molar-refractivity contribution in [2.45, 2.75) is 31.6 Å². The van der Waals surface area contributed by atoms with Crippen molar-refractivity contribution >= 4 is 33.1 Å². The largest absolute Gasteiger partial charge is 0.478 e. The van der Waals surface area contributed by atoms with E-state index < -0.39 is 16.0 Å². The maximum Gasteiger partial charge on any atom is 0.335 e. The molecule has 0 aliphatic carbocycles. The van der Waals surface area contributed by atoms with Gasteiger partial charge in [0.25, 0.3) is 0 Å². The number of carboxylic acids is 1. The van der Waals surface area contributed by atoms with Crippen molar-refractivity contribution in [3.05, 3.63) is 48.0 Å². The van der Waals surface area contributed by atoms with E-state index in [2.05, 4.69) is 12.2 Å². The smallest absolute Gasteiger partial charge is 0.335 e. The van der Waals surface area contributed by atoms with E-state index in [1.807, 2.05) is 30.0 Å². The number of nitrogens with two attached hydrogens (primary N) is 1. The van der Waals surface area contributed by atoms with E-state index in [4.69, 9.17) is 5.14 Å². The summed E-state index contributed by atoms with van der Waals surface area (Å²) in [6.45, 7) is 5.26. The lowest BCUT2D eigenvalue weighted by Crippen LogP contribution is -2.26. The lowest BCUT2D eigenvalue weighted by atomic mass is 10.1. The number of rotatable bonds is 9. The minimum Gasteiger partial charge on any atom is -0.478 e. The van der Waals surface area contributed by atoms with Gasteiger partial charge in [0.1, 0.15) is 4.90 Å². The molecule has 0 spiro atoms. The zero-order valence-corrected chi connectivity index (χ0v) is 16.3. The van der Waals surface area contributed by atoms with Crippen LogP contribution in [0.4, 0.5) is 17.1 Å². The third-order valence-corrected chi connectivity index (χ3v) is 5.12. The van der Waals surface area contributed by atoms with Crippen LogP contribution in [0.25, 0.3) is 0 Å². The monoisotopic (exact) mass is 391 g/mol. The fraction of sp³-hybridized carbons (Fsp3) is 0.316. The summed E-state index contributed by atoms with van der Waals surface area (Å²) < 4.78 is 24.4. The van der Waals surface area contributed by atoms with Crippen molar-refractivity contribution in [1.29, 1.82) is 0 Å². The predicted octanol–water partition coefficient (Wildman–Crippen LogP) is 3.40. The van der Waals surface area contributed by atoms with Crippen molar-refractivity contribution < 1.29 is 18.3 Å². The van der Waals surface area contributed by atoms with Crippen LogP contribution in [0.3, 0.4) is 0 Å². The van der Waals surface area contributed by atoms with Gasteiger partial charge < -0.3 is 15.3 Å². The van der Waals surface area contributed by atoms with Crippen LogP contribution in [0.1, 0.15) is 37.0 Å². The minimum atomic E-state index is -4.15. The molecule has 0 amide bonds. The summed E-state index contributed by atoms with van der Waals surface area (Å²) in [5.41, 5.74) is 1.34. The molecular weight excluding hydrogens is 366 g/mol. The number of unbranched alkanes of at least 4 members (excludes halogenated alkanes) is 1. The van der Waals surface area contributed by atoms with Crippen LogP contribution in [-0.2, 0) is 10.0 Å². The Bertz CT molecular complexity index is 899. The van der Waals surface area contributed by atoms with Crippen molar-refractivity contribution in [2.24, 2.45) is 5.14 Å². The van der Waals surface area contributed by atoms with E-state index in [9.17, 15) is 18.3 Å². The van der Waals surface area contributed by atoms with Gasteiger partial charge in [-0.2, -0.15) is 0 Å². The molecule has 146 valence electrons. The number of nitrogens with zero attached hydrogens (tertiary/aromatic N) is 1. The molecule has 0 aliphatic heterocycles. The molecule has 0 aromatic heterocycles. The molecule has 0 radical (unpaired) electrons. The van der Waals surface area contributed by atoms with Gasteiger partial charge in [-0.15, -0.1) is 0 Å². The molecule has 0 bridgehead atoms. The Balaban J connectivity index is 2.72. The Hall–Kier alpha value is -2.58. The quantitative estimate of drug-likeness (QED) is 0.604. The summed E-state index contributed by atoms with van der Waals surface area (Å²) in [5, 5.41) is 18.0. The van der Waals surface area contributed by atoms with Crippen LogP contribution in [0, 0.1) is 0 Å². The third kappa shape index (κ3) is 5.21. The van der Waals surface area contributed by atoms with Gasteiger partial charge in [-0.25, -0.2) is 18.4 Å². The van der Waals surface area contributed by atoms with Gasteiger partial charge in [0.05, 0.1) is 16.9 Å². The summed E-state index contributed by atoms with van der Waals surface area (Å²) in [6, 6.07) is 11.7. The molecule has 0 fully saturated rings. The van der Waals surface area contributed by atoms with E-state index in [-0.39, 0.29) is 16.1 Å². The van der Waals surface area contributed by atoms with Crippen molar-refractivity contribution in [2.75, 3.05) is 23.3 Å². The van der Waals surface area contributed by atoms with Crippen molar-refractivity contribution in [3.63, 3.8) is 0 Å². The molecule has 2 rings (SSSR count). The average molecular weight is 391 g/mol. The highest BCUT2D eigenvalue weighted by Gasteiger charge is 2.24. The number of hydrogen-bond donors (Lipinski definition) is 3. The van der Waals surface area contributed by atoms with Crippen molar-refractivity contribution in [1.82, 2.24) is 0 Å². The van der Waals surface area contributed by atoms with E-state index in [0.717, 1.165) is 18.9 Å². The number of carboxylic acid groups (broad SMARTS) is 1. The van der Waals surface area contributed by atoms with Crippen LogP contribution < -0.4 is 15.4 Å². The van der Waals surface area contributed by atoms with Crippen LogP contribution in [-0.4, -0.2) is 32.6 Å². The fourth-order valence-corrected chi connectivity index (χ4v) is 3.52. The van der Waals surface area contributed by atoms with Gasteiger partial charge in [-0.3, -0.25) is 0 Å². The molecule has 0 unspecified atom stereocenters. The Morgan fingerprint density at radius 1 is 1.19 bits per heavy atom. The number of anilines is 3. The second kappa shape index (κ2) is 8.88. The number of carbonyl (C=O) groups is 1. The topological polar surface area (TPSA) is 113 Å². The summed E-state index contributed by atoms with van der Waals surface area (Å²) in [4.78, 5) is 13.3. The molecule has 27 heavy (non-hydrogen) atoms. The molecule has 0 atom stereocenters. The number of para-hydroxylation sites is 1. The summed E-state index contributed by atoms with van der Waals surface area (Å²) in [7, 11) is -4.15. The highest BCUT2D eigenvalue weighted by molar-refractivity contribution is 7.89. The van der Waals surface area contributed by atoms with Gasteiger partial charge in [0.2, 0.25) is 10.0 Å². The standard InChI is InChI=1S/C19H25N3O4S/c1-3-5-11-22(4-2)16-12-14(19(23)24)13-17(27(20,25)26)18(16)21-15-9-7-6-8-10-15/h6-10,12-13,21H,3-5,11H2,1-2H3,(H,23,24)(H2,20,25,26). The molecular formula is C19H25N3O4S. The number of aromatic carboxylic acids is 1. The van der Waals surface area contributed by atoms with E-state index in [1.54, 1.807) is 12.1 Å². The highest BCUT2D eigenvalue weighted by atomic mass is 32.2. The van der Waals surface area contributed by atoms with Gasteiger partial charge >= 0.3 is 5.97 Å². The summed E-state index contributed by atoms with van der Waals surface area (Å²) in [6.07, 6.45) is 1.85. The molecule has 8 heteroatoms. The van der Waals surface area contributed by atoms with Crippen molar-refractivity contribution in [3.8, 4) is 0 Å². The first kappa shape index (κ1) is 20.7. The average Bonchev–Trinajstić information content (AvgIpc) is 2.62. The predicted molar refractivity (Wildman–Crippen MR) is 107 cm³/mol. The molecule has 2 aromatic carbocycles. The Morgan fingerprint density at radius 3 is 2.37 bits per heavy atom. The Kier molecular flexibility index (Phi) is 6.81. The van der Waals surface area contributed by atoms with Crippen LogP contribution in [0.15, 0.2) is 47.4 Å². The SMILES string of the molecule is CCCCN(CC)c1cc(C(=O)O)cc(S(N)(=O)=O)c1Nc1ccccc1. The zero-order chi connectivity index (χ0) is 20.0. The molecule has 0 saturated heterocycles. The number of primary sulfonamides is 1. The van der Waals surface area contributed by atoms with Crippen LogP contribution in [0.5, 0.6) is 0 Å². The molecule has 7 nitrogen and oxygen atoms in total. The first-order valence-electron chi connectivity index (χ1n) is 8.79. The molecule has 0 heterocycles. The molecule has 0 saturated carbocycles. The van der Waals surface area contributed by atoms with E-state index in [1.165, 1.54) is 6.07 Å². The number of hydrogen-bond acceptors (Lipinski definition) is 5. The summed E-state index contributed by atoms with van der Waals surface area (Å²) >= 11 is 0. The molecule has 2 aromatic rings. The highest BCUT2D eigenvalue weighted by Crippen LogP contribution is 2.36. The Labute approximate surface area is 159 Å². The van der Waals surface area contributed by atoms with Gasteiger partial charge in [0, 0.05) is 18.8 Å². The van der Waals surface area contributed by atoms with Gasteiger partial charge in [-0.1, -0.05) is 31.5 Å². The Morgan fingerprint density at radius 2 is 1.85 bits per heavy atom. The lowest BCUT2D eigenvalue weighted by Gasteiger charge is -2.27. The second-order valence-corrected chi connectivity index (χ2v) is 7.67. The van der Waals surface area contributed by atoms with Crippen LogP contribution >= 0.6 is 0 Å². The maximum atomic E-state index is 12.2. The second-order valence-electron chi connectivity index (χ2n) is 6.14. The third-order valence-electron chi connectivity index (χ3n) is 4.18. The van der Waals surface area contributed by atoms with Crippen LogP contribution in [0.2, 0.25) is 0 Å². The van der Waals surface area contributed by atoms with Gasteiger partial charge in [0.15, 0.2) is 0 Å². The van der Waals surface area contributed by atoms with E-state index in [0.29, 0.717) is 24.5 Å². The molecule has 4 N–H and O–H groups in total. The first-order chi connectivity index (χ1) is 12.8. The summed E-state index contributed by atoms with van der Waals surface area (Å²) in [5.74, 6) is -1.21. The zero-order valence-electron chi connectivity index (χ0n) is 15.5. The number of benzene rings is 2. The normalized spacial score (nSPS) is 11.2.